The van der Waals surface area contributed by atoms with Gasteiger partial charge in [0.05, 0.1) is 11.9 Å². The molecule has 8 nitrogen and oxygen atoms in total. The van der Waals surface area contributed by atoms with Crippen molar-refractivity contribution in [3.8, 4) is 0 Å². The predicted octanol–water partition coefficient (Wildman–Crippen LogP) is 4.34. The molecule has 1 saturated carbocycles. The van der Waals surface area contributed by atoms with Gasteiger partial charge in [-0.15, -0.1) is 0 Å². The number of rotatable bonds is 9. The van der Waals surface area contributed by atoms with E-state index in [0.717, 1.165) is 56.4 Å². The van der Waals surface area contributed by atoms with Crippen LogP contribution in [0.25, 0.3) is 0 Å². The highest BCUT2D eigenvalue weighted by Gasteiger charge is 2.25. The van der Waals surface area contributed by atoms with Crippen LogP contribution in [0.4, 0.5) is 21.8 Å². The first kappa shape index (κ1) is 25.1. The Kier molecular flexibility index (Phi) is 7.97. The number of aryl methyl sites for hydroxylation is 1. The summed E-state index contributed by atoms with van der Waals surface area (Å²) in [4.78, 5) is 26.7. The van der Waals surface area contributed by atoms with Gasteiger partial charge in [0.25, 0.3) is 0 Å². The van der Waals surface area contributed by atoms with E-state index in [2.05, 4.69) is 37.1 Å². The van der Waals surface area contributed by atoms with Gasteiger partial charge in [0.15, 0.2) is 5.82 Å². The van der Waals surface area contributed by atoms with Crippen molar-refractivity contribution in [1.82, 2.24) is 20.2 Å². The molecule has 186 valence electrons. The van der Waals surface area contributed by atoms with Crippen molar-refractivity contribution in [3.63, 3.8) is 0 Å². The number of amidine groups is 1. The van der Waals surface area contributed by atoms with Gasteiger partial charge in [0.1, 0.15) is 16.7 Å². The molecule has 1 amide bonds. The lowest BCUT2D eigenvalue weighted by Gasteiger charge is -2.32. The topological polar surface area (TPSA) is 109 Å². The summed E-state index contributed by atoms with van der Waals surface area (Å²) in [6, 6.07) is 3.78. The molecule has 2 fully saturated rings. The molecule has 2 aromatic rings. The molecule has 1 aliphatic heterocycles. The van der Waals surface area contributed by atoms with Gasteiger partial charge in [0.2, 0.25) is 11.9 Å². The zero-order valence-corrected chi connectivity index (χ0v) is 20.6. The summed E-state index contributed by atoms with van der Waals surface area (Å²) in [7, 11) is 0. The van der Waals surface area contributed by atoms with Crippen LogP contribution in [0.1, 0.15) is 49.1 Å². The molecule has 0 radical (unpaired) electrons. The first-order chi connectivity index (χ1) is 16.8. The van der Waals surface area contributed by atoms with Crippen LogP contribution in [0.15, 0.2) is 36.0 Å². The van der Waals surface area contributed by atoms with E-state index in [1.54, 1.807) is 12.1 Å². The van der Waals surface area contributed by atoms with Crippen LogP contribution in [0.3, 0.4) is 0 Å². The van der Waals surface area contributed by atoms with E-state index in [0.29, 0.717) is 12.5 Å². The number of piperidine rings is 1. The maximum atomic E-state index is 15.1. The van der Waals surface area contributed by atoms with E-state index in [-0.39, 0.29) is 46.0 Å². The van der Waals surface area contributed by atoms with Gasteiger partial charge in [-0.3, -0.25) is 4.79 Å². The molecular formula is C25H31ClFN7O. The number of halogens is 2. The lowest BCUT2D eigenvalue weighted by molar-refractivity contribution is -0.121. The molecular weight excluding hydrogens is 469 g/mol. The highest BCUT2D eigenvalue weighted by molar-refractivity contribution is 6.32. The van der Waals surface area contributed by atoms with Crippen LogP contribution in [0.5, 0.6) is 0 Å². The molecule has 35 heavy (non-hydrogen) atoms. The molecule has 0 unspecified atom stereocenters. The normalized spacial score (nSPS) is 17.3. The van der Waals surface area contributed by atoms with Crippen molar-refractivity contribution in [2.75, 3.05) is 25.0 Å². The number of aliphatic imine (C=N–C) groups is 1. The van der Waals surface area contributed by atoms with E-state index < -0.39 is 0 Å². The third-order valence-corrected chi connectivity index (χ3v) is 6.66. The molecule has 0 spiro atoms. The van der Waals surface area contributed by atoms with E-state index in [9.17, 15) is 4.79 Å². The maximum Gasteiger partial charge on any atom is 0.229 e. The average Bonchev–Trinajstić information content (AvgIpc) is 3.66. The molecule has 0 bridgehead atoms. The Morgan fingerprint density at radius 2 is 2.09 bits per heavy atom. The van der Waals surface area contributed by atoms with Crippen molar-refractivity contribution < 1.29 is 9.18 Å². The average molecular weight is 500 g/mol. The summed E-state index contributed by atoms with van der Waals surface area (Å²) < 4.78 is 15.1. The zero-order chi connectivity index (χ0) is 24.9. The third-order valence-electron chi connectivity index (χ3n) is 6.40. The van der Waals surface area contributed by atoms with Crippen molar-refractivity contribution >= 4 is 40.8 Å². The SMILES string of the molecule is C=CC(N)=Nc1nc(Nc2cc(C)c(C3CCN(CCC(=O)NC4CC4)CC3)cc2F)ncc1Cl. The first-order valence-corrected chi connectivity index (χ1v) is 12.3. The minimum Gasteiger partial charge on any atom is -0.384 e. The van der Waals surface area contributed by atoms with Gasteiger partial charge in [-0.1, -0.05) is 18.2 Å². The van der Waals surface area contributed by atoms with E-state index in [1.165, 1.54) is 12.3 Å². The third kappa shape index (κ3) is 6.76. The van der Waals surface area contributed by atoms with Gasteiger partial charge >= 0.3 is 0 Å². The standard InChI is InChI=1S/C25H31ClFN7O/c1-3-22(28)32-24-19(26)14-29-25(33-24)31-21-12-15(2)18(13-20(21)27)16-6-9-34(10-7-16)11-8-23(35)30-17-4-5-17/h3,12-14,16-17H,1,4-11H2,2H3,(H,30,35)(H3,28,29,31,32,33). The fourth-order valence-corrected chi connectivity index (χ4v) is 4.41. The number of benzene rings is 1. The van der Waals surface area contributed by atoms with Gasteiger partial charge in [-0.05, 0) is 81.0 Å². The lowest BCUT2D eigenvalue weighted by atomic mass is 9.86. The molecule has 0 atom stereocenters. The van der Waals surface area contributed by atoms with Crippen molar-refractivity contribution in [2.24, 2.45) is 10.7 Å². The summed E-state index contributed by atoms with van der Waals surface area (Å²) in [6.45, 7) is 8.11. The highest BCUT2D eigenvalue weighted by atomic mass is 35.5. The van der Waals surface area contributed by atoms with Crippen LogP contribution in [-0.2, 0) is 4.79 Å². The number of carbonyl (C=O) groups is 1. The molecule has 1 aromatic heterocycles. The number of nitrogens with one attached hydrogen (secondary N) is 2. The maximum absolute atomic E-state index is 15.1. The number of aromatic nitrogens is 2. The van der Waals surface area contributed by atoms with E-state index in [1.807, 2.05) is 6.92 Å². The first-order valence-electron chi connectivity index (χ1n) is 11.9. The summed E-state index contributed by atoms with van der Waals surface area (Å²) in [5.41, 5.74) is 7.97. The number of amides is 1. The fraction of sp³-hybridized carbons (Fsp3) is 0.440. The van der Waals surface area contributed by atoms with Crippen LogP contribution in [-0.4, -0.2) is 52.3 Å². The lowest BCUT2D eigenvalue weighted by Crippen LogP contribution is -2.36. The molecule has 10 heteroatoms. The molecule has 4 N–H and O–H groups in total. The second kappa shape index (κ2) is 11.1. The predicted molar refractivity (Wildman–Crippen MR) is 137 cm³/mol. The number of nitrogens with zero attached hydrogens (tertiary/aromatic N) is 4. The summed E-state index contributed by atoms with van der Waals surface area (Å²) in [5.74, 6) is 0.546. The van der Waals surface area contributed by atoms with E-state index in [4.69, 9.17) is 17.3 Å². The molecule has 4 rings (SSSR count). The van der Waals surface area contributed by atoms with Gasteiger partial charge < -0.3 is 21.3 Å². The minimum absolute atomic E-state index is 0.142. The molecule has 1 saturated heterocycles. The number of anilines is 2. The zero-order valence-electron chi connectivity index (χ0n) is 19.9. The number of nitrogens with two attached hydrogens (primary N) is 1. The second-order valence-corrected chi connectivity index (χ2v) is 9.53. The van der Waals surface area contributed by atoms with Crippen LogP contribution in [0.2, 0.25) is 5.02 Å². The minimum atomic E-state index is -0.376. The monoisotopic (exact) mass is 499 g/mol. The smallest absolute Gasteiger partial charge is 0.229 e. The quantitative estimate of drug-likeness (QED) is 0.350. The highest BCUT2D eigenvalue weighted by Crippen LogP contribution is 2.34. The Morgan fingerprint density at radius 3 is 2.77 bits per heavy atom. The Labute approximate surface area is 209 Å². The summed E-state index contributed by atoms with van der Waals surface area (Å²) in [5, 5.41) is 6.18. The van der Waals surface area contributed by atoms with Gasteiger partial charge in [-0.25, -0.2) is 14.4 Å². The van der Waals surface area contributed by atoms with Crippen LogP contribution in [0, 0.1) is 12.7 Å². The largest absolute Gasteiger partial charge is 0.384 e. The number of likely N-dealkylation sites (tertiary alicyclic amines) is 1. The number of carbonyl (C=O) groups excluding carboxylic acids is 1. The van der Waals surface area contributed by atoms with Crippen molar-refractivity contribution in [1.29, 1.82) is 0 Å². The van der Waals surface area contributed by atoms with Crippen LogP contribution < -0.4 is 16.4 Å². The van der Waals surface area contributed by atoms with Crippen molar-refractivity contribution in [3.05, 3.63) is 53.0 Å². The Balaban J connectivity index is 1.37. The second-order valence-electron chi connectivity index (χ2n) is 9.13. The van der Waals surface area contributed by atoms with Gasteiger partial charge in [0, 0.05) is 19.0 Å². The molecule has 2 heterocycles. The fourth-order valence-electron chi connectivity index (χ4n) is 4.27. The van der Waals surface area contributed by atoms with Gasteiger partial charge in [-0.2, -0.15) is 4.98 Å². The molecule has 1 aliphatic carbocycles. The van der Waals surface area contributed by atoms with Crippen molar-refractivity contribution in [2.45, 2.75) is 51.0 Å². The number of hydrogen-bond acceptors (Lipinski definition) is 6. The Bertz CT molecular complexity index is 1130. The van der Waals surface area contributed by atoms with Crippen LogP contribution >= 0.6 is 11.6 Å². The Hall–Kier alpha value is -3.04. The Morgan fingerprint density at radius 1 is 1.34 bits per heavy atom. The van der Waals surface area contributed by atoms with E-state index >= 15 is 4.39 Å². The summed E-state index contributed by atoms with van der Waals surface area (Å²) in [6.07, 6.45) is 7.38. The number of hydrogen-bond donors (Lipinski definition) is 3. The molecule has 2 aliphatic rings. The molecule has 1 aromatic carbocycles. The summed E-state index contributed by atoms with van der Waals surface area (Å²) >= 11 is 6.08.